The number of unbranched alkanes of at least 4 members (excludes halogenated alkanes) is 1. The van der Waals surface area contributed by atoms with E-state index in [-0.39, 0.29) is 12.5 Å². The van der Waals surface area contributed by atoms with E-state index in [1.165, 1.54) is 4.90 Å². The van der Waals surface area contributed by atoms with E-state index >= 15 is 0 Å². The lowest BCUT2D eigenvalue weighted by molar-refractivity contribution is -0.140. The third-order valence-electron chi connectivity index (χ3n) is 5.83. The van der Waals surface area contributed by atoms with Crippen LogP contribution in [-0.2, 0) is 26.2 Å². The maximum absolute atomic E-state index is 13.7. The van der Waals surface area contributed by atoms with E-state index in [0.717, 1.165) is 29.0 Å². The number of hydrogen-bond acceptors (Lipinski definition) is 5. The van der Waals surface area contributed by atoms with Gasteiger partial charge < -0.3 is 15.0 Å². The minimum absolute atomic E-state index is 0.139. The molecule has 8 nitrogen and oxygen atoms in total. The molecule has 2 amide bonds. The molecule has 0 spiro atoms. The number of halogens is 1. The van der Waals surface area contributed by atoms with Crippen molar-refractivity contribution in [3.63, 3.8) is 0 Å². The average Bonchev–Trinajstić information content (AvgIpc) is 2.82. The summed E-state index contributed by atoms with van der Waals surface area (Å²) in [5.74, 6) is -0.0769. The first-order valence-electron chi connectivity index (χ1n) is 12.0. The average molecular weight is 538 g/mol. The molecule has 198 valence electrons. The van der Waals surface area contributed by atoms with Crippen LogP contribution in [0.5, 0.6) is 5.75 Å². The highest BCUT2D eigenvalue weighted by atomic mass is 35.5. The molecule has 10 heteroatoms. The van der Waals surface area contributed by atoms with Crippen LogP contribution in [0.15, 0.2) is 42.5 Å². The number of benzene rings is 2. The number of amides is 2. The molecule has 0 saturated carbocycles. The van der Waals surface area contributed by atoms with Crippen LogP contribution in [0.1, 0.15) is 44.2 Å². The number of nitrogens with one attached hydrogen (secondary N) is 1. The number of carbonyl (C=O) groups is 2. The highest BCUT2D eigenvalue weighted by Crippen LogP contribution is 2.26. The van der Waals surface area contributed by atoms with Gasteiger partial charge in [-0.1, -0.05) is 44.0 Å². The van der Waals surface area contributed by atoms with Gasteiger partial charge in [0.1, 0.15) is 18.3 Å². The van der Waals surface area contributed by atoms with Crippen molar-refractivity contribution in [2.45, 2.75) is 52.6 Å². The van der Waals surface area contributed by atoms with E-state index in [2.05, 4.69) is 5.32 Å². The largest absolute Gasteiger partial charge is 0.497 e. The highest BCUT2D eigenvalue weighted by Gasteiger charge is 2.32. The summed E-state index contributed by atoms with van der Waals surface area (Å²) in [6.45, 7) is 5.79. The zero-order valence-electron chi connectivity index (χ0n) is 21.6. The Balaban J connectivity index is 2.43. The second kappa shape index (κ2) is 13.5. The van der Waals surface area contributed by atoms with E-state index in [4.69, 9.17) is 16.3 Å². The molecule has 36 heavy (non-hydrogen) atoms. The fourth-order valence-electron chi connectivity index (χ4n) is 3.85. The van der Waals surface area contributed by atoms with E-state index in [0.29, 0.717) is 35.0 Å². The van der Waals surface area contributed by atoms with E-state index in [1.54, 1.807) is 44.4 Å². The third-order valence-corrected chi connectivity index (χ3v) is 7.20. The molecule has 0 radical (unpaired) electrons. The second-order valence-electron chi connectivity index (χ2n) is 8.64. The number of carbonyl (C=O) groups excluding carboxylic acids is 2. The van der Waals surface area contributed by atoms with E-state index < -0.39 is 28.5 Å². The first-order chi connectivity index (χ1) is 17.0. The van der Waals surface area contributed by atoms with Crippen molar-refractivity contribution >= 4 is 39.1 Å². The Hall–Kier alpha value is -2.78. The minimum Gasteiger partial charge on any atom is -0.497 e. The molecular formula is C26H36ClN3O5S. The number of methoxy groups -OCH3 is 1. The standard InChI is InChI=1S/C26H36ClN3O5S/c1-6-8-15-28-26(32)23(7-2)29(17-20-9-12-22(35-4)13-10-20)25(31)18-30(36(5,33)34)24-14-11-21(27)16-19(24)3/h9-14,16,23H,6-8,15,17-18H2,1-5H3,(H,28,32). The van der Waals surface area contributed by atoms with Gasteiger partial charge in [0.2, 0.25) is 21.8 Å². The normalized spacial score (nSPS) is 12.1. The van der Waals surface area contributed by atoms with Gasteiger partial charge in [-0.3, -0.25) is 13.9 Å². The number of aryl methyl sites for hydroxylation is 1. The van der Waals surface area contributed by atoms with Crippen LogP contribution >= 0.6 is 11.6 Å². The molecule has 0 heterocycles. The lowest BCUT2D eigenvalue weighted by Crippen LogP contribution is -2.52. The molecule has 0 bridgehead atoms. The quantitative estimate of drug-likeness (QED) is 0.387. The summed E-state index contributed by atoms with van der Waals surface area (Å²) >= 11 is 6.05. The summed E-state index contributed by atoms with van der Waals surface area (Å²) in [7, 11) is -2.24. The van der Waals surface area contributed by atoms with Gasteiger partial charge in [-0.25, -0.2) is 8.42 Å². The molecule has 0 aliphatic carbocycles. The van der Waals surface area contributed by atoms with Gasteiger partial charge in [-0.2, -0.15) is 0 Å². The number of hydrogen-bond donors (Lipinski definition) is 1. The summed E-state index contributed by atoms with van der Waals surface area (Å²) in [5, 5.41) is 3.37. The SMILES string of the molecule is CCCCNC(=O)C(CC)N(Cc1ccc(OC)cc1)C(=O)CN(c1ccc(Cl)cc1C)S(C)(=O)=O. The van der Waals surface area contributed by atoms with Crippen LogP contribution in [0.4, 0.5) is 5.69 Å². The predicted molar refractivity (Wildman–Crippen MR) is 144 cm³/mol. The zero-order chi connectivity index (χ0) is 26.9. The number of sulfonamides is 1. The molecule has 0 aliphatic heterocycles. The summed E-state index contributed by atoms with van der Waals surface area (Å²) < 4.78 is 31.7. The molecule has 1 N–H and O–H groups in total. The minimum atomic E-state index is -3.81. The summed E-state index contributed by atoms with van der Waals surface area (Å²) in [4.78, 5) is 28.2. The van der Waals surface area contributed by atoms with Gasteiger partial charge in [-0.05, 0) is 61.2 Å². The van der Waals surface area contributed by atoms with Crippen LogP contribution in [0.3, 0.4) is 0 Å². The van der Waals surface area contributed by atoms with E-state index in [1.807, 2.05) is 26.0 Å². The topological polar surface area (TPSA) is 96.0 Å². The Kier molecular flexibility index (Phi) is 11.0. The van der Waals surface area contributed by atoms with Crippen molar-refractivity contribution in [1.29, 1.82) is 0 Å². The lowest BCUT2D eigenvalue weighted by Gasteiger charge is -2.33. The first-order valence-corrected chi connectivity index (χ1v) is 14.2. The van der Waals surface area contributed by atoms with Crippen molar-refractivity contribution in [3.8, 4) is 5.75 Å². The maximum Gasteiger partial charge on any atom is 0.244 e. The molecule has 1 atom stereocenters. The molecule has 1 unspecified atom stereocenters. The van der Waals surface area contributed by atoms with Crippen LogP contribution < -0.4 is 14.4 Å². The van der Waals surface area contributed by atoms with Crippen molar-refractivity contribution in [3.05, 3.63) is 58.6 Å². The first kappa shape index (κ1) is 29.5. The van der Waals surface area contributed by atoms with Gasteiger partial charge in [0.25, 0.3) is 0 Å². The van der Waals surface area contributed by atoms with Gasteiger partial charge in [0.05, 0.1) is 19.1 Å². The number of ether oxygens (including phenoxy) is 1. The smallest absolute Gasteiger partial charge is 0.244 e. The van der Waals surface area contributed by atoms with Crippen molar-refractivity contribution < 1.29 is 22.7 Å². The van der Waals surface area contributed by atoms with Crippen molar-refractivity contribution in [1.82, 2.24) is 10.2 Å². The molecule has 0 aromatic heterocycles. The Morgan fingerprint density at radius 2 is 1.78 bits per heavy atom. The number of nitrogens with zero attached hydrogens (tertiary/aromatic N) is 2. The number of anilines is 1. The maximum atomic E-state index is 13.7. The molecular weight excluding hydrogens is 502 g/mol. The molecule has 2 aromatic carbocycles. The Morgan fingerprint density at radius 1 is 1.11 bits per heavy atom. The Bertz CT molecular complexity index is 1140. The molecule has 2 rings (SSSR count). The number of rotatable bonds is 13. The third kappa shape index (κ3) is 8.13. The Morgan fingerprint density at radius 3 is 2.31 bits per heavy atom. The molecule has 2 aromatic rings. The van der Waals surface area contributed by atoms with Crippen LogP contribution in [0.2, 0.25) is 5.02 Å². The van der Waals surface area contributed by atoms with Gasteiger partial charge in [-0.15, -0.1) is 0 Å². The van der Waals surface area contributed by atoms with Gasteiger partial charge >= 0.3 is 0 Å². The zero-order valence-corrected chi connectivity index (χ0v) is 23.2. The monoisotopic (exact) mass is 537 g/mol. The fraction of sp³-hybridized carbons (Fsp3) is 0.462. The highest BCUT2D eigenvalue weighted by molar-refractivity contribution is 7.92. The van der Waals surface area contributed by atoms with Crippen molar-refractivity contribution in [2.24, 2.45) is 0 Å². The summed E-state index contributed by atoms with van der Waals surface area (Å²) in [6.07, 6.45) is 3.18. The second-order valence-corrected chi connectivity index (χ2v) is 11.0. The van der Waals surface area contributed by atoms with Crippen molar-refractivity contribution in [2.75, 3.05) is 30.8 Å². The molecule has 0 aliphatic rings. The van der Waals surface area contributed by atoms with Gasteiger partial charge in [0.15, 0.2) is 0 Å². The summed E-state index contributed by atoms with van der Waals surface area (Å²) in [6, 6.07) is 11.2. The lowest BCUT2D eigenvalue weighted by atomic mass is 10.1. The van der Waals surface area contributed by atoms with Crippen LogP contribution in [0.25, 0.3) is 0 Å². The predicted octanol–water partition coefficient (Wildman–Crippen LogP) is 4.15. The molecule has 0 fully saturated rings. The fourth-order valence-corrected chi connectivity index (χ4v) is 4.98. The van der Waals surface area contributed by atoms with Crippen LogP contribution in [-0.4, -0.2) is 57.6 Å². The summed E-state index contributed by atoms with van der Waals surface area (Å²) in [5.41, 5.74) is 1.77. The molecule has 0 saturated heterocycles. The van der Waals surface area contributed by atoms with E-state index in [9.17, 15) is 18.0 Å². The Labute approximate surface area is 219 Å². The van der Waals surface area contributed by atoms with Gasteiger partial charge in [0, 0.05) is 18.1 Å². The van der Waals surface area contributed by atoms with Crippen LogP contribution in [0, 0.1) is 6.92 Å².